The van der Waals surface area contributed by atoms with Crippen molar-refractivity contribution in [2.24, 2.45) is 0 Å². The zero-order chi connectivity index (χ0) is 9.61. The molecule has 5 heteroatoms. The molecule has 0 aromatic carbocycles. The Balaban J connectivity index is 4.29. The Bertz CT molecular complexity index is 157. The Labute approximate surface area is 70.3 Å². The fourth-order valence-electron chi connectivity index (χ4n) is 0.581. The number of nitrogens with one attached hydrogen (secondary N) is 1. The molecule has 0 rings (SSSR count). The molecule has 0 spiro atoms. The average Bonchev–Trinajstić information content (AvgIpc) is 2.14. The first-order chi connectivity index (χ1) is 5.64. The SMILES string of the molecule is C=C[14C](=O)NC(CO)(CO)CO. The van der Waals surface area contributed by atoms with Gasteiger partial charge in [-0.15, -0.1) is 0 Å². The lowest BCUT2D eigenvalue weighted by molar-refractivity contribution is -0.120. The molecule has 5 nitrogen and oxygen atoms in total. The predicted octanol–water partition coefficient (Wildman–Crippen LogP) is -2.00. The molecular formula is C7H13NO4. The molecule has 0 unspecified atom stereocenters. The molecule has 0 atom stereocenters. The first-order valence-electron chi connectivity index (χ1n) is 3.41. The summed E-state index contributed by atoms with van der Waals surface area (Å²) in [6, 6.07) is 0. The molecule has 0 aliphatic carbocycles. The highest BCUT2D eigenvalue weighted by Crippen LogP contribution is 2.00. The third-order valence-electron chi connectivity index (χ3n) is 1.48. The van der Waals surface area contributed by atoms with E-state index in [0.29, 0.717) is 0 Å². The predicted molar refractivity (Wildman–Crippen MR) is 42.3 cm³/mol. The second-order valence-corrected chi connectivity index (χ2v) is 2.45. The summed E-state index contributed by atoms with van der Waals surface area (Å²) in [5, 5.41) is 28.5. The number of aliphatic hydroxyl groups is 3. The smallest absolute Gasteiger partial charge is 0.244 e. The minimum Gasteiger partial charge on any atom is -0.394 e. The summed E-state index contributed by atoms with van der Waals surface area (Å²) in [5.74, 6) is -0.549. The van der Waals surface area contributed by atoms with Crippen LogP contribution in [0.4, 0.5) is 0 Å². The summed E-state index contributed by atoms with van der Waals surface area (Å²) in [6.45, 7) is 1.61. The van der Waals surface area contributed by atoms with Crippen molar-refractivity contribution in [2.45, 2.75) is 5.54 Å². The molecule has 0 fully saturated rings. The van der Waals surface area contributed by atoms with E-state index < -0.39 is 31.3 Å². The first-order valence-corrected chi connectivity index (χ1v) is 3.41. The van der Waals surface area contributed by atoms with Crippen LogP contribution in [0.3, 0.4) is 0 Å². The van der Waals surface area contributed by atoms with Gasteiger partial charge in [0.05, 0.1) is 19.8 Å². The highest BCUT2D eigenvalue weighted by atomic mass is 16.3. The van der Waals surface area contributed by atoms with Crippen LogP contribution in [-0.4, -0.2) is 46.6 Å². The van der Waals surface area contributed by atoms with Crippen molar-refractivity contribution < 1.29 is 20.1 Å². The van der Waals surface area contributed by atoms with Crippen molar-refractivity contribution in [3.63, 3.8) is 0 Å². The van der Waals surface area contributed by atoms with Crippen LogP contribution >= 0.6 is 0 Å². The third-order valence-corrected chi connectivity index (χ3v) is 1.48. The van der Waals surface area contributed by atoms with Gasteiger partial charge in [0.2, 0.25) is 5.91 Å². The van der Waals surface area contributed by atoms with Crippen molar-refractivity contribution in [3.05, 3.63) is 12.7 Å². The second-order valence-electron chi connectivity index (χ2n) is 2.45. The molecule has 0 bridgehead atoms. The largest absolute Gasteiger partial charge is 0.394 e. The van der Waals surface area contributed by atoms with Crippen LogP contribution in [0.15, 0.2) is 12.7 Å². The molecule has 0 saturated carbocycles. The fraction of sp³-hybridized carbons (Fsp3) is 0.571. The van der Waals surface area contributed by atoms with E-state index in [1.165, 1.54) is 0 Å². The van der Waals surface area contributed by atoms with Gasteiger partial charge in [0, 0.05) is 0 Å². The molecule has 1 amide bonds. The number of amides is 1. The highest BCUT2D eigenvalue weighted by Gasteiger charge is 2.28. The van der Waals surface area contributed by atoms with Gasteiger partial charge < -0.3 is 20.6 Å². The minimum absolute atomic E-state index is 0.528. The van der Waals surface area contributed by atoms with E-state index in [1.54, 1.807) is 0 Å². The summed E-state index contributed by atoms with van der Waals surface area (Å²) in [6.07, 6.45) is 0.996. The standard InChI is InChI=1S/C7H13NO4/c1-2-6(12)8-7(3-9,4-10)5-11/h2,9-11H,1,3-5H2,(H,8,12)/i6+2. The lowest BCUT2D eigenvalue weighted by atomic mass is 10.1. The molecule has 0 aromatic heterocycles. The van der Waals surface area contributed by atoms with Gasteiger partial charge >= 0.3 is 0 Å². The van der Waals surface area contributed by atoms with Crippen molar-refractivity contribution in [1.82, 2.24) is 5.32 Å². The van der Waals surface area contributed by atoms with Crippen LogP contribution in [0.2, 0.25) is 0 Å². The number of carbonyl (C=O) groups excluding carboxylic acids is 1. The van der Waals surface area contributed by atoms with Gasteiger partial charge in [-0.1, -0.05) is 6.58 Å². The van der Waals surface area contributed by atoms with Crippen LogP contribution < -0.4 is 5.32 Å². The van der Waals surface area contributed by atoms with E-state index in [-0.39, 0.29) is 0 Å². The van der Waals surface area contributed by atoms with Gasteiger partial charge in [-0.3, -0.25) is 4.79 Å². The quantitative estimate of drug-likeness (QED) is 0.366. The van der Waals surface area contributed by atoms with Crippen molar-refractivity contribution in [1.29, 1.82) is 0 Å². The van der Waals surface area contributed by atoms with Crippen molar-refractivity contribution in [2.75, 3.05) is 19.8 Å². The fourth-order valence-corrected chi connectivity index (χ4v) is 0.581. The molecule has 0 radical (unpaired) electrons. The summed E-state index contributed by atoms with van der Waals surface area (Å²) < 4.78 is 0. The first kappa shape index (κ1) is 11.1. The topological polar surface area (TPSA) is 89.8 Å². The maximum Gasteiger partial charge on any atom is 0.244 e. The van der Waals surface area contributed by atoms with Gasteiger partial charge in [-0.2, -0.15) is 0 Å². The van der Waals surface area contributed by atoms with Gasteiger partial charge in [-0.05, 0) is 6.08 Å². The Kier molecular flexibility index (Phi) is 4.50. The van der Waals surface area contributed by atoms with Crippen molar-refractivity contribution >= 4 is 5.91 Å². The Hall–Kier alpha value is -0.910. The normalized spacial score (nSPS) is 10.9. The molecule has 4 N–H and O–H groups in total. The Morgan fingerprint density at radius 3 is 2.00 bits per heavy atom. The lowest BCUT2D eigenvalue weighted by Crippen LogP contribution is -2.56. The lowest BCUT2D eigenvalue weighted by Gasteiger charge is -2.27. The minimum atomic E-state index is -1.36. The van der Waals surface area contributed by atoms with Crippen molar-refractivity contribution in [3.8, 4) is 0 Å². The van der Waals surface area contributed by atoms with Gasteiger partial charge in [-0.25, -0.2) is 0 Å². The molecule has 0 saturated heterocycles. The van der Waals surface area contributed by atoms with Crippen LogP contribution in [0.5, 0.6) is 0 Å². The van der Waals surface area contributed by atoms with Crippen LogP contribution in [0, 0.1) is 0 Å². The van der Waals surface area contributed by atoms with E-state index in [9.17, 15) is 4.79 Å². The second kappa shape index (κ2) is 4.87. The zero-order valence-electron chi connectivity index (χ0n) is 6.66. The zero-order valence-corrected chi connectivity index (χ0v) is 6.66. The molecule has 0 heterocycles. The van der Waals surface area contributed by atoms with E-state index in [0.717, 1.165) is 6.08 Å². The molecule has 0 aliphatic heterocycles. The Morgan fingerprint density at radius 2 is 1.75 bits per heavy atom. The van der Waals surface area contributed by atoms with Crippen LogP contribution in [0.1, 0.15) is 0 Å². The van der Waals surface area contributed by atoms with Gasteiger partial charge in [0.1, 0.15) is 5.54 Å². The van der Waals surface area contributed by atoms with E-state index in [2.05, 4.69) is 11.9 Å². The van der Waals surface area contributed by atoms with E-state index in [4.69, 9.17) is 15.3 Å². The third kappa shape index (κ3) is 2.61. The van der Waals surface area contributed by atoms with Gasteiger partial charge in [0.15, 0.2) is 0 Å². The number of hydrogen-bond acceptors (Lipinski definition) is 4. The molecule has 0 aromatic rings. The average molecular weight is 177 g/mol. The molecule has 70 valence electrons. The number of carbonyl (C=O) groups is 1. The summed E-state index contributed by atoms with van der Waals surface area (Å²) in [7, 11) is 0. The number of hydrogen-bond donors (Lipinski definition) is 4. The maximum absolute atomic E-state index is 10.7. The molecule has 12 heavy (non-hydrogen) atoms. The van der Waals surface area contributed by atoms with Crippen LogP contribution in [0.25, 0.3) is 0 Å². The number of rotatable bonds is 5. The Morgan fingerprint density at radius 1 is 1.33 bits per heavy atom. The molecule has 0 aliphatic rings. The summed E-state index contributed by atoms with van der Waals surface area (Å²) >= 11 is 0. The summed E-state index contributed by atoms with van der Waals surface area (Å²) in [4.78, 5) is 10.7. The number of aliphatic hydroxyl groups excluding tert-OH is 3. The van der Waals surface area contributed by atoms with E-state index in [1.807, 2.05) is 0 Å². The summed E-state index contributed by atoms with van der Waals surface area (Å²) in [5.41, 5.74) is -1.36. The molecular weight excluding hydrogens is 164 g/mol. The maximum atomic E-state index is 10.7. The highest BCUT2D eigenvalue weighted by molar-refractivity contribution is 5.87. The van der Waals surface area contributed by atoms with Crippen LogP contribution in [-0.2, 0) is 4.79 Å². The van der Waals surface area contributed by atoms with Gasteiger partial charge in [0.25, 0.3) is 0 Å². The van der Waals surface area contributed by atoms with E-state index >= 15 is 0 Å². The monoisotopic (exact) mass is 177 g/mol.